The number of ether oxygens (including phenoxy) is 1. The standard InChI is InChI=1S/C13H14ClF3N2O/c14-11-3-7(13(15,16)17)6-18-12(11)20-10-4-8-1-2-9(5-10)19-8/h3,6,8-10,19H,1-2,4-5H2/t8-,9+,10-. The maximum absolute atomic E-state index is 12.5. The Bertz CT molecular complexity index is 497. The van der Waals surface area contributed by atoms with Crippen LogP contribution in [0.15, 0.2) is 12.3 Å². The highest BCUT2D eigenvalue weighted by Crippen LogP contribution is 2.35. The summed E-state index contributed by atoms with van der Waals surface area (Å²) in [5.74, 6) is 0.0889. The predicted octanol–water partition coefficient (Wildman–Crippen LogP) is 3.42. The van der Waals surface area contributed by atoms with Gasteiger partial charge < -0.3 is 10.1 Å². The van der Waals surface area contributed by atoms with Gasteiger partial charge in [-0.3, -0.25) is 0 Å². The molecule has 3 heterocycles. The Kier molecular flexibility index (Phi) is 3.54. The third kappa shape index (κ3) is 2.86. The topological polar surface area (TPSA) is 34.1 Å². The predicted molar refractivity (Wildman–Crippen MR) is 67.8 cm³/mol. The van der Waals surface area contributed by atoms with E-state index in [4.69, 9.17) is 16.3 Å². The van der Waals surface area contributed by atoms with Crippen molar-refractivity contribution in [3.63, 3.8) is 0 Å². The minimum absolute atomic E-state index is 0.0320. The number of nitrogens with one attached hydrogen (secondary N) is 1. The summed E-state index contributed by atoms with van der Waals surface area (Å²) < 4.78 is 43.2. The van der Waals surface area contributed by atoms with Crippen LogP contribution in [0.5, 0.6) is 5.88 Å². The average molecular weight is 307 g/mol. The van der Waals surface area contributed by atoms with Crippen LogP contribution in [-0.4, -0.2) is 23.2 Å². The van der Waals surface area contributed by atoms with Gasteiger partial charge in [-0.25, -0.2) is 4.98 Å². The molecule has 0 aliphatic carbocycles. The summed E-state index contributed by atoms with van der Waals surface area (Å²) in [6.45, 7) is 0. The molecule has 2 aliphatic rings. The number of halogens is 4. The Morgan fingerprint density at radius 3 is 2.45 bits per heavy atom. The van der Waals surface area contributed by atoms with Crippen molar-refractivity contribution in [1.82, 2.24) is 10.3 Å². The van der Waals surface area contributed by atoms with Gasteiger partial charge in [0.1, 0.15) is 11.1 Å². The Morgan fingerprint density at radius 1 is 1.25 bits per heavy atom. The van der Waals surface area contributed by atoms with E-state index in [1.165, 1.54) is 0 Å². The minimum Gasteiger partial charge on any atom is -0.473 e. The Labute approximate surface area is 119 Å². The fourth-order valence-corrected chi connectivity index (χ4v) is 3.14. The molecule has 3 nitrogen and oxygen atoms in total. The molecule has 3 rings (SSSR count). The first-order chi connectivity index (χ1) is 9.41. The van der Waals surface area contributed by atoms with Gasteiger partial charge in [-0.1, -0.05) is 11.6 Å². The molecule has 7 heteroatoms. The summed E-state index contributed by atoms with van der Waals surface area (Å²) in [6, 6.07) is 1.73. The van der Waals surface area contributed by atoms with E-state index in [9.17, 15) is 13.2 Å². The monoisotopic (exact) mass is 306 g/mol. The number of nitrogens with zero attached hydrogens (tertiary/aromatic N) is 1. The molecule has 1 aromatic heterocycles. The maximum Gasteiger partial charge on any atom is 0.417 e. The number of aromatic nitrogens is 1. The van der Waals surface area contributed by atoms with Gasteiger partial charge in [0.2, 0.25) is 5.88 Å². The SMILES string of the molecule is FC(F)(F)c1cnc(O[C@@H]2C[C@H]3CC[C@@H](C2)N3)c(Cl)c1. The third-order valence-electron chi connectivity index (χ3n) is 3.84. The van der Waals surface area contributed by atoms with E-state index in [2.05, 4.69) is 10.3 Å². The van der Waals surface area contributed by atoms with Crippen LogP contribution in [0.2, 0.25) is 5.02 Å². The second kappa shape index (κ2) is 5.07. The maximum atomic E-state index is 12.5. The van der Waals surface area contributed by atoms with E-state index in [1.54, 1.807) is 0 Å². The van der Waals surface area contributed by atoms with E-state index in [0.29, 0.717) is 12.1 Å². The van der Waals surface area contributed by atoms with Gasteiger partial charge in [0.15, 0.2) is 0 Å². The van der Waals surface area contributed by atoms with Crippen LogP contribution >= 0.6 is 11.6 Å². The first kappa shape index (κ1) is 13.9. The van der Waals surface area contributed by atoms with Gasteiger partial charge in [-0.15, -0.1) is 0 Å². The Morgan fingerprint density at radius 2 is 1.90 bits per heavy atom. The first-order valence-corrected chi connectivity index (χ1v) is 6.95. The lowest BCUT2D eigenvalue weighted by atomic mass is 10.0. The zero-order valence-electron chi connectivity index (χ0n) is 10.6. The van der Waals surface area contributed by atoms with E-state index in [0.717, 1.165) is 37.9 Å². The molecular weight excluding hydrogens is 293 g/mol. The number of pyridine rings is 1. The third-order valence-corrected chi connectivity index (χ3v) is 4.11. The van der Waals surface area contributed by atoms with Crippen LogP contribution in [0.1, 0.15) is 31.2 Å². The fraction of sp³-hybridized carbons (Fsp3) is 0.615. The summed E-state index contributed by atoms with van der Waals surface area (Å²) >= 11 is 5.84. The quantitative estimate of drug-likeness (QED) is 0.909. The lowest BCUT2D eigenvalue weighted by molar-refractivity contribution is -0.137. The molecule has 110 valence electrons. The molecule has 2 saturated heterocycles. The summed E-state index contributed by atoms with van der Waals surface area (Å²) in [6.07, 6.45) is 0.220. The average Bonchev–Trinajstić information content (AvgIpc) is 2.70. The number of fused-ring (bicyclic) bond motifs is 2. The van der Waals surface area contributed by atoms with Crippen molar-refractivity contribution < 1.29 is 17.9 Å². The van der Waals surface area contributed by atoms with Crippen molar-refractivity contribution in [3.8, 4) is 5.88 Å². The molecular formula is C13H14ClF3N2O. The Hall–Kier alpha value is -1.01. The lowest BCUT2D eigenvalue weighted by Crippen LogP contribution is -2.42. The second-order valence-corrected chi connectivity index (χ2v) is 5.77. The summed E-state index contributed by atoms with van der Waals surface area (Å²) in [7, 11) is 0. The summed E-state index contributed by atoms with van der Waals surface area (Å²) in [5, 5.41) is 3.38. The number of hydrogen-bond acceptors (Lipinski definition) is 3. The smallest absolute Gasteiger partial charge is 0.417 e. The summed E-state index contributed by atoms with van der Waals surface area (Å²) in [4.78, 5) is 3.71. The molecule has 0 saturated carbocycles. The molecule has 0 spiro atoms. The van der Waals surface area contributed by atoms with Crippen molar-refractivity contribution in [1.29, 1.82) is 0 Å². The molecule has 0 amide bonds. The largest absolute Gasteiger partial charge is 0.473 e. The highest BCUT2D eigenvalue weighted by molar-refractivity contribution is 6.31. The van der Waals surface area contributed by atoms with E-state index >= 15 is 0 Å². The molecule has 20 heavy (non-hydrogen) atoms. The number of rotatable bonds is 2. The molecule has 0 aromatic carbocycles. The van der Waals surface area contributed by atoms with Crippen molar-refractivity contribution >= 4 is 11.6 Å². The fourth-order valence-electron chi connectivity index (χ4n) is 2.93. The zero-order valence-corrected chi connectivity index (χ0v) is 11.3. The van der Waals surface area contributed by atoms with Crippen LogP contribution in [0, 0.1) is 0 Å². The van der Waals surface area contributed by atoms with E-state index < -0.39 is 11.7 Å². The van der Waals surface area contributed by atoms with Crippen molar-refractivity contribution in [2.24, 2.45) is 0 Å². The molecule has 0 radical (unpaired) electrons. The highest BCUT2D eigenvalue weighted by Gasteiger charge is 2.35. The van der Waals surface area contributed by atoms with Gasteiger partial charge in [0.05, 0.1) is 5.56 Å². The zero-order chi connectivity index (χ0) is 14.3. The molecule has 1 N–H and O–H groups in total. The van der Waals surface area contributed by atoms with Crippen LogP contribution in [0.3, 0.4) is 0 Å². The normalized spacial score (nSPS) is 29.5. The molecule has 2 bridgehead atoms. The van der Waals surface area contributed by atoms with Crippen LogP contribution in [0.4, 0.5) is 13.2 Å². The van der Waals surface area contributed by atoms with Crippen molar-refractivity contribution in [2.75, 3.05) is 0 Å². The first-order valence-electron chi connectivity index (χ1n) is 6.57. The van der Waals surface area contributed by atoms with Gasteiger partial charge >= 0.3 is 6.18 Å². The Balaban J connectivity index is 1.72. The van der Waals surface area contributed by atoms with Gasteiger partial charge in [-0.2, -0.15) is 13.2 Å². The molecule has 2 aliphatic heterocycles. The second-order valence-electron chi connectivity index (χ2n) is 5.36. The lowest BCUT2D eigenvalue weighted by Gasteiger charge is -2.29. The van der Waals surface area contributed by atoms with Crippen LogP contribution in [0.25, 0.3) is 0 Å². The van der Waals surface area contributed by atoms with E-state index in [-0.39, 0.29) is 17.0 Å². The number of hydrogen-bond donors (Lipinski definition) is 1. The minimum atomic E-state index is -4.44. The number of piperidine rings is 1. The van der Waals surface area contributed by atoms with Gasteiger partial charge in [-0.05, 0) is 31.7 Å². The van der Waals surface area contributed by atoms with Gasteiger partial charge in [0.25, 0.3) is 0 Å². The highest BCUT2D eigenvalue weighted by atomic mass is 35.5. The number of alkyl halides is 3. The van der Waals surface area contributed by atoms with Crippen LogP contribution < -0.4 is 10.1 Å². The molecule has 3 atom stereocenters. The molecule has 0 unspecified atom stereocenters. The van der Waals surface area contributed by atoms with E-state index in [1.807, 2.05) is 0 Å². The van der Waals surface area contributed by atoms with Crippen molar-refractivity contribution in [2.45, 2.75) is 50.0 Å². The van der Waals surface area contributed by atoms with Gasteiger partial charge in [0, 0.05) is 18.3 Å². The molecule has 2 fully saturated rings. The van der Waals surface area contributed by atoms with Crippen LogP contribution in [-0.2, 0) is 6.18 Å². The molecule has 1 aromatic rings. The van der Waals surface area contributed by atoms with Crippen molar-refractivity contribution in [3.05, 3.63) is 22.8 Å². The summed E-state index contributed by atoms with van der Waals surface area (Å²) in [5.41, 5.74) is -0.861.